The van der Waals surface area contributed by atoms with Crippen LogP contribution in [-0.4, -0.2) is 22.9 Å². The summed E-state index contributed by atoms with van der Waals surface area (Å²) in [7, 11) is 4.16. The first-order chi connectivity index (χ1) is 9.28. The Morgan fingerprint density at radius 1 is 1.37 bits per heavy atom. The van der Waals surface area contributed by atoms with E-state index in [1.165, 1.54) is 31.2 Å². The molecule has 3 saturated carbocycles. The second-order valence-corrected chi connectivity index (χ2v) is 7.02. The van der Waals surface area contributed by atoms with Gasteiger partial charge in [0.05, 0.1) is 6.20 Å². The lowest BCUT2D eigenvalue weighted by Gasteiger charge is -2.19. The second-order valence-electron chi connectivity index (χ2n) is 7.02. The fourth-order valence-corrected chi connectivity index (χ4v) is 5.38. The van der Waals surface area contributed by atoms with Gasteiger partial charge in [0, 0.05) is 19.3 Å². The number of nitrogens with zero attached hydrogens (tertiary/aromatic N) is 2. The first-order valence-electron chi connectivity index (χ1n) is 7.92. The standard InChI is InChI=1S/C16H25N3/c1-17-13(6-3-10-8-18-19(2)9-10)16-14-11-4-5-12(7-11)15(14)16/h8-9,11-17H,3-7H2,1-2H3. The van der Waals surface area contributed by atoms with Gasteiger partial charge < -0.3 is 5.32 Å². The molecule has 0 saturated heterocycles. The van der Waals surface area contributed by atoms with E-state index in [2.05, 4.69) is 23.7 Å². The predicted molar refractivity (Wildman–Crippen MR) is 75.7 cm³/mol. The van der Waals surface area contributed by atoms with Crippen molar-refractivity contribution in [1.82, 2.24) is 15.1 Å². The normalized spacial score (nSPS) is 40.4. The van der Waals surface area contributed by atoms with Crippen molar-refractivity contribution in [2.24, 2.45) is 36.6 Å². The van der Waals surface area contributed by atoms with E-state index in [9.17, 15) is 0 Å². The van der Waals surface area contributed by atoms with E-state index < -0.39 is 0 Å². The van der Waals surface area contributed by atoms with Gasteiger partial charge in [-0.3, -0.25) is 4.68 Å². The smallest absolute Gasteiger partial charge is 0.0521 e. The number of hydrogen-bond donors (Lipinski definition) is 1. The zero-order chi connectivity index (χ0) is 13.0. The maximum absolute atomic E-state index is 4.27. The molecule has 1 aromatic heterocycles. The van der Waals surface area contributed by atoms with E-state index in [4.69, 9.17) is 0 Å². The number of nitrogens with one attached hydrogen (secondary N) is 1. The van der Waals surface area contributed by atoms with Crippen LogP contribution in [0.25, 0.3) is 0 Å². The summed E-state index contributed by atoms with van der Waals surface area (Å²) < 4.78 is 1.91. The average Bonchev–Trinajstić information content (AvgIpc) is 2.78. The number of aryl methyl sites for hydroxylation is 2. The van der Waals surface area contributed by atoms with Crippen LogP contribution in [0.2, 0.25) is 0 Å². The van der Waals surface area contributed by atoms with Crippen molar-refractivity contribution in [1.29, 1.82) is 0 Å². The third-order valence-corrected chi connectivity index (χ3v) is 6.13. The molecule has 19 heavy (non-hydrogen) atoms. The van der Waals surface area contributed by atoms with Crippen molar-refractivity contribution in [2.75, 3.05) is 7.05 Å². The minimum absolute atomic E-state index is 0.735. The summed E-state index contributed by atoms with van der Waals surface area (Å²) in [5, 5.41) is 7.88. The maximum Gasteiger partial charge on any atom is 0.0521 e. The second kappa shape index (κ2) is 4.34. The molecule has 1 N–H and O–H groups in total. The highest BCUT2D eigenvalue weighted by molar-refractivity contribution is 5.16. The molecule has 1 heterocycles. The Balaban J connectivity index is 1.37. The van der Waals surface area contributed by atoms with E-state index in [0.29, 0.717) is 0 Å². The van der Waals surface area contributed by atoms with Gasteiger partial charge in [-0.1, -0.05) is 0 Å². The zero-order valence-corrected chi connectivity index (χ0v) is 12.0. The van der Waals surface area contributed by atoms with Crippen LogP contribution in [0.5, 0.6) is 0 Å². The lowest BCUT2D eigenvalue weighted by molar-refractivity contribution is 0.364. The Bertz CT molecular complexity index is 450. The van der Waals surface area contributed by atoms with Gasteiger partial charge in [-0.05, 0) is 74.3 Å². The van der Waals surface area contributed by atoms with E-state index in [0.717, 1.165) is 35.6 Å². The molecule has 3 aliphatic carbocycles. The Hall–Kier alpha value is -0.830. The van der Waals surface area contributed by atoms with Gasteiger partial charge in [0.1, 0.15) is 0 Å². The quantitative estimate of drug-likeness (QED) is 0.879. The van der Waals surface area contributed by atoms with Crippen molar-refractivity contribution in [3.63, 3.8) is 0 Å². The van der Waals surface area contributed by atoms with Gasteiger partial charge >= 0.3 is 0 Å². The van der Waals surface area contributed by atoms with Crippen molar-refractivity contribution in [3.8, 4) is 0 Å². The van der Waals surface area contributed by atoms with E-state index >= 15 is 0 Å². The van der Waals surface area contributed by atoms with Crippen molar-refractivity contribution in [2.45, 2.75) is 38.1 Å². The monoisotopic (exact) mass is 259 g/mol. The lowest BCUT2D eigenvalue weighted by atomic mass is 9.94. The van der Waals surface area contributed by atoms with Crippen LogP contribution in [0.4, 0.5) is 0 Å². The first kappa shape index (κ1) is 12.0. The van der Waals surface area contributed by atoms with E-state index in [1.54, 1.807) is 6.42 Å². The summed E-state index contributed by atoms with van der Waals surface area (Å²) in [5.41, 5.74) is 1.39. The summed E-state index contributed by atoms with van der Waals surface area (Å²) >= 11 is 0. The van der Waals surface area contributed by atoms with Gasteiger partial charge in [-0.25, -0.2) is 0 Å². The number of aromatic nitrogens is 2. The molecule has 1 aromatic rings. The molecule has 5 atom stereocenters. The summed E-state index contributed by atoms with van der Waals surface area (Å²) in [6.07, 6.45) is 11.2. The third kappa shape index (κ3) is 1.85. The molecule has 4 rings (SSSR count). The number of hydrogen-bond acceptors (Lipinski definition) is 2. The molecule has 0 aliphatic heterocycles. The van der Waals surface area contributed by atoms with Crippen LogP contribution in [-0.2, 0) is 13.5 Å². The highest BCUT2D eigenvalue weighted by atomic mass is 15.2. The lowest BCUT2D eigenvalue weighted by Crippen LogP contribution is -2.30. The van der Waals surface area contributed by atoms with Gasteiger partial charge in [-0.15, -0.1) is 0 Å². The highest BCUT2D eigenvalue weighted by Crippen LogP contribution is 2.70. The number of fused-ring (bicyclic) bond motifs is 5. The molecule has 0 amide bonds. The van der Waals surface area contributed by atoms with E-state index in [1.807, 2.05) is 17.9 Å². The maximum atomic E-state index is 4.27. The van der Waals surface area contributed by atoms with Gasteiger partial charge in [0.2, 0.25) is 0 Å². The van der Waals surface area contributed by atoms with Crippen LogP contribution in [0.15, 0.2) is 12.4 Å². The summed E-state index contributed by atoms with van der Waals surface area (Å²) in [4.78, 5) is 0. The summed E-state index contributed by atoms with van der Waals surface area (Å²) in [6, 6.07) is 0.735. The largest absolute Gasteiger partial charge is 0.317 e. The van der Waals surface area contributed by atoms with Crippen molar-refractivity contribution in [3.05, 3.63) is 18.0 Å². The van der Waals surface area contributed by atoms with Gasteiger partial charge in [0.15, 0.2) is 0 Å². The van der Waals surface area contributed by atoms with Crippen LogP contribution in [0.3, 0.4) is 0 Å². The van der Waals surface area contributed by atoms with E-state index in [-0.39, 0.29) is 0 Å². The Kier molecular flexibility index (Phi) is 2.73. The zero-order valence-electron chi connectivity index (χ0n) is 12.0. The van der Waals surface area contributed by atoms with Crippen LogP contribution in [0.1, 0.15) is 31.2 Å². The summed E-state index contributed by atoms with van der Waals surface area (Å²) in [6.45, 7) is 0. The van der Waals surface area contributed by atoms with Crippen LogP contribution in [0, 0.1) is 29.6 Å². The Morgan fingerprint density at radius 3 is 2.68 bits per heavy atom. The van der Waals surface area contributed by atoms with Gasteiger partial charge in [-0.2, -0.15) is 5.10 Å². The summed E-state index contributed by atoms with van der Waals surface area (Å²) in [5.74, 6) is 5.35. The highest BCUT2D eigenvalue weighted by Gasteiger charge is 2.66. The fourth-order valence-electron chi connectivity index (χ4n) is 5.38. The van der Waals surface area contributed by atoms with Crippen molar-refractivity contribution >= 4 is 0 Å². The Labute approximate surface area is 115 Å². The first-order valence-corrected chi connectivity index (χ1v) is 7.92. The number of rotatable bonds is 5. The van der Waals surface area contributed by atoms with Crippen LogP contribution >= 0.6 is 0 Å². The molecule has 0 aromatic carbocycles. The molecule has 104 valence electrons. The molecule has 3 nitrogen and oxygen atoms in total. The molecule has 0 spiro atoms. The minimum atomic E-state index is 0.735. The molecule has 0 radical (unpaired) electrons. The minimum Gasteiger partial charge on any atom is -0.317 e. The topological polar surface area (TPSA) is 29.9 Å². The molecule has 5 unspecified atom stereocenters. The van der Waals surface area contributed by atoms with Crippen molar-refractivity contribution < 1.29 is 0 Å². The fraction of sp³-hybridized carbons (Fsp3) is 0.812. The molecule has 3 aliphatic rings. The van der Waals surface area contributed by atoms with Crippen LogP contribution < -0.4 is 5.32 Å². The predicted octanol–water partition coefficient (Wildman–Crippen LogP) is 2.23. The molecule has 3 heteroatoms. The molecular formula is C16H25N3. The molecule has 3 fully saturated rings. The van der Waals surface area contributed by atoms with Gasteiger partial charge in [0.25, 0.3) is 0 Å². The Morgan fingerprint density at radius 2 is 2.11 bits per heavy atom. The molecule has 2 bridgehead atoms. The average molecular weight is 259 g/mol. The molecular weight excluding hydrogens is 234 g/mol. The SMILES string of the molecule is CNC(CCc1cnn(C)c1)C1C2C3CCC(C3)C21. The third-order valence-electron chi connectivity index (χ3n) is 6.13.